The monoisotopic (exact) mass is 280 g/mol. The number of hydrogen-bond donors (Lipinski definition) is 2. The number of nitrogens with zero attached hydrogens (tertiary/aromatic N) is 1. The third-order valence-electron chi connectivity index (χ3n) is 2.32. The Morgan fingerprint density at radius 2 is 1.94 bits per heavy atom. The third-order valence-corrected chi connectivity index (χ3v) is 3.24. The van der Waals surface area contributed by atoms with Crippen LogP contribution in [0.15, 0.2) is 0 Å². The van der Waals surface area contributed by atoms with Crippen LogP contribution in [-0.4, -0.2) is 62.1 Å². The second-order valence-corrected chi connectivity index (χ2v) is 6.44. The maximum atomic E-state index is 11.6. The van der Waals surface area contributed by atoms with Gasteiger partial charge in [-0.25, -0.2) is 18.0 Å². The van der Waals surface area contributed by atoms with Gasteiger partial charge in [-0.2, -0.15) is 0 Å². The Hall–Kier alpha value is -1.31. The molecule has 0 aliphatic carbocycles. The molecule has 1 atom stereocenters. The van der Waals surface area contributed by atoms with Gasteiger partial charge >= 0.3 is 12.0 Å². The molecule has 0 aromatic rings. The quantitative estimate of drug-likeness (QED) is 0.679. The predicted octanol–water partition coefficient (Wildman–Crippen LogP) is -0.0743. The van der Waals surface area contributed by atoms with Gasteiger partial charge in [0, 0.05) is 19.8 Å². The van der Waals surface area contributed by atoms with E-state index < -0.39 is 27.9 Å². The molecule has 0 saturated heterocycles. The summed E-state index contributed by atoms with van der Waals surface area (Å²) in [5.74, 6) is -1.25. The highest BCUT2D eigenvalue weighted by atomic mass is 32.2. The van der Waals surface area contributed by atoms with Crippen LogP contribution >= 0.6 is 0 Å². The highest BCUT2D eigenvalue weighted by Crippen LogP contribution is 1.98. The van der Waals surface area contributed by atoms with E-state index in [0.717, 1.165) is 11.2 Å². The predicted molar refractivity (Wildman–Crippen MR) is 67.2 cm³/mol. The Kier molecular flexibility index (Phi) is 6.67. The highest BCUT2D eigenvalue weighted by Gasteiger charge is 2.21. The Morgan fingerprint density at radius 1 is 1.39 bits per heavy atom. The van der Waals surface area contributed by atoms with Crippen LogP contribution in [0, 0.1) is 0 Å². The number of carbonyl (C=O) groups is 2. The van der Waals surface area contributed by atoms with E-state index in [1.54, 1.807) is 0 Å². The molecule has 2 N–H and O–H groups in total. The third kappa shape index (κ3) is 7.10. The number of carboxylic acid groups (broad SMARTS) is 1. The molecule has 8 heteroatoms. The molecule has 0 aliphatic heterocycles. The van der Waals surface area contributed by atoms with Crippen LogP contribution in [0.5, 0.6) is 0 Å². The molecule has 0 saturated carbocycles. The summed E-state index contributed by atoms with van der Waals surface area (Å²) in [5, 5.41) is 11.2. The van der Waals surface area contributed by atoms with E-state index in [1.807, 2.05) is 6.92 Å². The number of aliphatic carboxylic acids is 1. The lowest BCUT2D eigenvalue weighted by Gasteiger charge is -2.20. The molecule has 106 valence electrons. The van der Waals surface area contributed by atoms with Crippen molar-refractivity contribution in [2.24, 2.45) is 0 Å². The zero-order valence-corrected chi connectivity index (χ0v) is 11.7. The fraction of sp³-hybridized carbons (Fsp3) is 0.800. The topological polar surface area (TPSA) is 104 Å². The fourth-order valence-electron chi connectivity index (χ4n) is 1.21. The van der Waals surface area contributed by atoms with Gasteiger partial charge in [-0.05, 0) is 6.42 Å². The molecule has 0 heterocycles. The normalized spacial score (nSPS) is 12.8. The largest absolute Gasteiger partial charge is 0.480 e. The number of hydrogen-bond acceptors (Lipinski definition) is 4. The van der Waals surface area contributed by atoms with Gasteiger partial charge in [-0.1, -0.05) is 13.3 Å². The molecular formula is C10H20N2O5S. The second-order valence-electron chi connectivity index (χ2n) is 4.18. The minimum atomic E-state index is -3.15. The second kappa shape index (κ2) is 7.20. The first-order valence-electron chi connectivity index (χ1n) is 5.59. The van der Waals surface area contributed by atoms with Crippen molar-refractivity contribution < 1.29 is 23.1 Å². The lowest BCUT2D eigenvalue weighted by atomic mass is 10.2. The summed E-state index contributed by atoms with van der Waals surface area (Å²) in [6, 6.07) is -1.53. The number of rotatable bonds is 7. The molecule has 0 bridgehead atoms. The summed E-state index contributed by atoms with van der Waals surface area (Å²) >= 11 is 0. The summed E-state index contributed by atoms with van der Waals surface area (Å²) in [6.45, 7) is 1.85. The van der Waals surface area contributed by atoms with Gasteiger partial charge in [0.2, 0.25) is 0 Å². The molecular weight excluding hydrogens is 260 g/mol. The van der Waals surface area contributed by atoms with E-state index in [-0.39, 0.29) is 12.3 Å². The fourth-order valence-corrected chi connectivity index (χ4v) is 1.82. The van der Waals surface area contributed by atoms with E-state index in [9.17, 15) is 18.0 Å². The standard InChI is InChI=1S/C10H20N2O5S/c1-4-5-8(9(13)14)11-10(15)12(2)6-7-18(3,16)17/h8H,4-7H2,1-3H3,(H,11,15)(H,13,14)/t8-/m0/s1. The summed E-state index contributed by atoms with van der Waals surface area (Å²) in [7, 11) is -1.72. The maximum absolute atomic E-state index is 11.6. The Balaban J connectivity index is 4.33. The van der Waals surface area contributed by atoms with Gasteiger partial charge in [0.15, 0.2) is 0 Å². The zero-order valence-electron chi connectivity index (χ0n) is 10.8. The molecule has 2 amide bonds. The Bertz CT molecular complexity index is 393. The van der Waals surface area contributed by atoms with Crippen molar-refractivity contribution in [3.8, 4) is 0 Å². The van der Waals surface area contributed by atoms with Crippen LogP contribution in [0.2, 0.25) is 0 Å². The minimum absolute atomic E-state index is 0.0309. The van der Waals surface area contributed by atoms with Crippen molar-refractivity contribution in [2.45, 2.75) is 25.8 Å². The molecule has 18 heavy (non-hydrogen) atoms. The van der Waals surface area contributed by atoms with Crippen LogP contribution in [0.1, 0.15) is 19.8 Å². The van der Waals surface area contributed by atoms with Crippen LogP contribution in [0.3, 0.4) is 0 Å². The number of carboxylic acids is 1. The average Bonchev–Trinajstić information content (AvgIpc) is 2.23. The molecule has 0 unspecified atom stereocenters. The summed E-state index contributed by atoms with van der Waals surface area (Å²) in [4.78, 5) is 23.6. The minimum Gasteiger partial charge on any atom is -0.480 e. The Labute approximate surface area is 107 Å². The van der Waals surface area contributed by atoms with E-state index in [0.29, 0.717) is 12.8 Å². The molecule has 0 aromatic carbocycles. The lowest BCUT2D eigenvalue weighted by Crippen LogP contribution is -2.47. The first kappa shape index (κ1) is 16.7. The number of sulfone groups is 1. The van der Waals surface area contributed by atoms with Gasteiger partial charge in [-0.15, -0.1) is 0 Å². The summed E-state index contributed by atoms with van der Waals surface area (Å²) in [6.07, 6.45) is 2.04. The molecule has 0 fully saturated rings. The average molecular weight is 280 g/mol. The summed E-state index contributed by atoms with van der Waals surface area (Å²) in [5.41, 5.74) is 0. The van der Waals surface area contributed by atoms with E-state index in [1.165, 1.54) is 7.05 Å². The van der Waals surface area contributed by atoms with Crippen molar-refractivity contribution in [1.82, 2.24) is 10.2 Å². The van der Waals surface area contributed by atoms with Crippen LogP contribution in [0.4, 0.5) is 4.79 Å². The molecule has 0 radical (unpaired) electrons. The van der Waals surface area contributed by atoms with Crippen molar-refractivity contribution in [2.75, 3.05) is 25.6 Å². The van der Waals surface area contributed by atoms with E-state index in [4.69, 9.17) is 5.11 Å². The smallest absolute Gasteiger partial charge is 0.326 e. The molecule has 0 spiro atoms. The van der Waals surface area contributed by atoms with Crippen molar-refractivity contribution in [3.63, 3.8) is 0 Å². The zero-order chi connectivity index (χ0) is 14.3. The SMILES string of the molecule is CCC[C@H](NC(=O)N(C)CCS(C)(=O)=O)C(=O)O. The van der Waals surface area contributed by atoms with Gasteiger partial charge in [-0.3, -0.25) is 0 Å². The molecule has 7 nitrogen and oxygen atoms in total. The van der Waals surface area contributed by atoms with Crippen molar-refractivity contribution >= 4 is 21.8 Å². The van der Waals surface area contributed by atoms with Crippen LogP contribution in [-0.2, 0) is 14.6 Å². The molecule has 0 rings (SSSR count). The molecule has 0 aliphatic rings. The lowest BCUT2D eigenvalue weighted by molar-refractivity contribution is -0.139. The highest BCUT2D eigenvalue weighted by molar-refractivity contribution is 7.90. The summed E-state index contributed by atoms with van der Waals surface area (Å²) < 4.78 is 21.9. The first-order chi connectivity index (χ1) is 8.17. The first-order valence-corrected chi connectivity index (χ1v) is 7.65. The Morgan fingerprint density at radius 3 is 2.33 bits per heavy atom. The van der Waals surface area contributed by atoms with Gasteiger partial charge in [0.05, 0.1) is 5.75 Å². The number of nitrogens with one attached hydrogen (secondary N) is 1. The maximum Gasteiger partial charge on any atom is 0.326 e. The van der Waals surface area contributed by atoms with Gasteiger partial charge in [0.1, 0.15) is 15.9 Å². The number of urea groups is 1. The van der Waals surface area contributed by atoms with Crippen molar-refractivity contribution in [1.29, 1.82) is 0 Å². The van der Waals surface area contributed by atoms with Gasteiger partial charge in [0.25, 0.3) is 0 Å². The van der Waals surface area contributed by atoms with E-state index >= 15 is 0 Å². The number of amides is 2. The number of carbonyl (C=O) groups excluding carboxylic acids is 1. The van der Waals surface area contributed by atoms with Crippen molar-refractivity contribution in [3.05, 3.63) is 0 Å². The van der Waals surface area contributed by atoms with Crippen LogP contribution in [0.25, 0.3) is 0 Å². The molecule has 0 aromatic heterocycles. The van der Waals surface area contributed by atoms with Gasteiger partial charge < -0.3 is 15.3 Å². The van der Waals surface area contributed by atoms with Crippen LogP contribution < -0.4 is 5.32 Å². The van der Waals surface area contributed by atoms with E-state index in [2.05, 4.69) is 5.32 Å².